The molecule has 1 unspecified atom stereocenters. The summed E-state index contributed by atoms with van der Waals surface area (Å²) in [4.78, 5) is 54.8. The maximum absolute atomic E-state index is 14.7. The van der Waals surface area contributed by atoms with E-state index in [9.17, 15) is 18.8 Å². The van der Waals surface area contributed by atoms with Crippen molar-refractivity contribution in [1.29, 1.82) is 0 Å². The van der Waals surface area contributed by atoms with Gasteiger partial charge in [0.2, 0.25) is 11.8 Å². The van der Waals surface area contributed by atoms with E-state index in [-0.39, 0.29) is 25.1 Å². The third kappa shape index (κ3) is 4.93. The summed E-state index contributed by atoms with van der Waals surface area (Å²) >= 11 is 2.75. The lowest BCUT2D eigenvalue weighted by Gasteiger charge is -2.24. The van der Waals surface area contributed by atoms with E-state index in [0.29, 0.717) is 22.0 Å². The van der Waals surface area contributed by atoms with Crippen molar-refractivity contribution in [3.05, 3.63) is 70.4 Å². The minimum Gasteiger partial charge on any atom is -0.364 e. The first-order valence-corrected chi connectivity index (χ1v) is 15.4. The number of nitrogens with zero attached hydrogens (tertiary/aromatic N) is 7. The number of anilines is 1. The second-order valence-corrected chi connectivity index (χ2v) is 12.2. The number of aryl methyl sites for hydroxylation is 1. The number of carbonyl (C=O) groups is 3. The molecule has 0 aliphatic carbocycles. The number of carbonyl (C=O) groups excluding carboxylic acids is 3. The molecule has 7 rings (SSSR count). The first-order valence-electron chi connectivity index (χ1n) is 13.7. The Morgan fingerprint density at radius 2 is 2.00 bits per heavy atom. The smallest absolute Gasteiger partial charge is 0.267 e. The van der Waals surface area contributed by atoms with E-state index >= 15 is 0 Å². The number of aliphatic imine (C=N–C) groups is 1. The van der Waals surface area contributed by atoms with Crippen molar-refractivity contribution in [2.45, 2.75) is 38.0 Å². The van der Waals surface area contributed by atoms with Crippen LogP contribution in [0.15, 0.2) is 58.6 Å². The normalized spacial score (nSPS) is 19.3. The molecule has 2 aliphatic heterocycles. The quantitative estimate of drug-likeness (QED) is 0.278. The van der Waals surface area contributed by atoms with E-state index in [2.05, 4.69) is 30.5 Å². The fraction of sp³-hybridized carbons (Fsp3) is 0.241. The topological polar surface area (TPSA) is 161 Å². The second-order valence-electron chi connectivity index (χ2n) is 10.5. The molecule has 3 amide bonds. The SMILES string of the molecule is Cc1nc2sccn2c1-c1csc(NC(=O)[C@@H]2C[C@@H](F)CN2C(=O)CC2N=C(C(N)=O)c3cc(-c4ccnnc4)ccc32)n1. The summed E-state index contributed by atoms with van der Waals surface area (Å²) in [5, 5.41) is 14.5. The van der Waals surface area contributed by atoms with Gasteiger partial charge in [-0.15, -0.1) is 22.7 Å². The van der Waals surface area contributed by atoms with Crippen LogP contribution in [0.25, 0.3) is 27.5 Å². The monoisotopic (exact) mass is 629 g/mol. The Morgan fingerprint density at radius 1 is 1.14 bits per heavy atom. The van der Waals surface area contributed by atoms with Crippen molar-refractivity contribution in [2.75, 3.05) is 11.9 Å². The van der Waals surface area contributed by atoms with Crippen molar-refractivity contribution in [3.8, 4) is 22.5 Å². The predicted molar refractivity (Wildman–Crippen MR) is 163 cm³/mol. The lowest BCUT2D eigenvalue weighted by molar-refractivity contribution is -0.137. The van der Waals surface area contributed by atoms with Gasteiger partial charge in [0.05, 0.1) is 42.8 Å². The van der Waals surface area contributed by atoms with Gasteiger partial charge in [-0.2, -0.15) is 10.2 Å². The van der Waals surface area contributed by atoms with Gasteiger partial charge in [-0.25, -0.2) is 14.4 Å². The van der Waals surface area contributed by atoms with E-state index in [1.165, 1.54) is 27.6 Å². The first kappa shape index (κ1) is 27.9. The standard InChI is InChI=1S/C29H24FN9O3S2/c1-14-25(38-6-7-43-29(38)34-14)21-13-44-28(36-21)37-27(42)22-9-17(30)12-39(22)23(40)10-20-18-3-2-15(16-4-5-32-33-11-16)8-19(18)24(35-20)26(31)41/h2-8,11,13,17,20,22H,9-10,12H2,1H3,(H2,31,41)(H,36,37,42)/t17-,20?,22+/m1/s1. The van der Waals surface area contributed by atoms with Crippen LogP contribution in [-0.2, 0) is 14.4 Å². The maximum atomic E-state index is 14.7. The number of amides is 3. The maximum Gasteiger partial charge on any atom is 0.267 e. The Hall–Kier alpha value is -4.89. The summed E-state index contributed by atoms with van der Waals surface area (Å²) in [6.45, 7) is 1.68. The third-order valence-corrected chi connectivity index (χ3v) is 9.27. The molecule has 44 heavy (non-hydrogen) atoms. The van der Waals surface area contributed by atoms with Crippen LogP contribution in [0.2, 0.25) is 0 Å². The van der Waals surface area contributed by atoms with Crippen molar-refractivity contribution in [2.24, 2.45) is 10.7 Å². The van der Waals surface area contributed by atoms with Crippen LogP contribution in [0.4, 0.5) is 9.52 Å². The molecule has 2 aliphatic rings. The summed E-state index contributed by atoms with van der Waals surface area (Å²) in [6, 6.07) is 5.47. The zero-order chi connectivity index (χ0) is 30.5. The van der Waals surface area contributed by atoms with E-state index < -0.39 is 36.0 Å². The Bertz CT molecular complexity index is 1970. The van der Waals surface area contributed by atoms with Gasteiger partial charge < -0.3 is 16.0 Å². The number of aromatic nitrogens is 5. The molecule has 5 aromatic rings. The van der Waals surface area contributed by atoms with E-state index in [0.717, 1.165) is 27.5 Å². The number of imidazole rings is 1. The van der Waals surface area contributed by atoms with Crippen molar-refractivity contribution in [1.82, 2.24) is 29.5 Å². The van der Waals surface area contributed by atoms with Crippen LogP contribution in [0.5, 0.6) is 0 Å². The van der Waals surface area contributed by atoms with Gasteiger partial charge in [0.1, 0.15) is 23.6 Å². The number of thiazole rings is 2. The summed E-state index contributed by atoms with van der Waals surface area (Å²) in [5.41, 5.74) is 10.7. The number of fused-ring (bicyclic) bond motifs is 2. The highest BCUT2D eigenvalue weighted by molar-refractivity contribution is 7.15. The van der Waals surface area contributed by atoms with Crippen LogP contribution in [0.1, 0.15) is 35.7 Å². The lowest BCUT2D eigenvalue weighted by Crippen LogP contribution is -2.43. The zero-order valence-electron chi connectivity index (χ0n) is 23.2. The summed E-state index contributed by atoms with van der Waals surface area (Å²) in [6.07, 6.45) is 3.41. The van der Waals surface area contributed by atoms with Gasteiger partial charge >= 0.3 is 0 Å². The van der Waals surface area contributed by atoms with Gasteiger partial charge in [0.25, 0.3) is 5.91 Å². The van der Waals surface area contributed by atoms with Crippen LogP contribution in [0.3, 0.4) is 0 Å². The Kier molecular flexibility index (Phi) is 6.97. The van der Waals surface area contributed by atoms with Crippen molar-refractivity contribution < 1.29 is 18.8 Å². The summed E-state index contributed by atoms with van der Waals surface area (Å²) in [7, 11) is 0. The largest absolute Gasteiger partial charge is 0.364 e. The average Bonchev–Trinajstić information content (AvgIpc) is 3.83. The molecule has 12 nitrogen and oxygen atoms in total. The molecule has 0 bridgehead atoms. The number of benzene rings is 1. The van der Waals surface area contributed by atoms with Gasteiger partial charge in [0, 0.05) is 34.5 Å². The minimum absolute atomic E-state index is 0.0634. The molecule has 0 spiro atoms. The second kappa shape index (κ2) is 11.0. The van der Waals surface area contributed by atoms with Crippen molar-refractivity contribution >= 4 is 56.2 Å². The predicted octanol–water partition coefficient (Wildman–Crippen LogP) is 3.58. The zero-order valence-corrected chi connectivity index (χ0v) is 24.8. The molecule has 4 aromatic heterocycles. The number of nitrogens with two attached hydrogens (primary N) is 1. The Labute approximate surface area is 257 Å². The molecule has 222 valence electrons. The number of primary amides is 1. The molecule has 3 atom stereocenters. The Morgan fingerprint density at radius 3 is 2.80 bits per heavy atom. The van der Waals surface area contributed by atoms with E-state index in [1.807, 2.05) is 34.3 Å². The van der Waals surface area contributed by atoms with Gasteiger partial charge in [-0.1, -0.05) is 12.1 Å². The summed E-state index contributed by atoms with van der Waals surface area (Å²) in [5.74, 6) is -1.69. The molecule has 3 N–H and O–H groups in total. The van der Waals surface area contributed by atoms with E-state index in [1.54, 1.807) is 30.6 Å². The van der Waals surface area contributed by atoms with Crippen LogP contribution < -0.4 is 11.1 Å². The fourth-order valence-electron chi connectivity index (χ4n) is 5.76. The van der Waals surface area contributed by atoms with Crippen LogP contribution >= 0.6 is 22.7 Å². The molecule has 0 saturated carbocycles. The Balaban J connectivity index is 1.08. The number of rotatable bonds is 7. The highest BCUT2D eigenvalue weighted by atomic mass is 32.1. The number of hydrogen-bond acceptors (Lipinski definition) is 10. The van der Waals surface area contributed by atoms with Gasteiger partial charge in [-0.05, 0) is 30.2 Å². The number of nitrogens with one attached hydrogen (secondary N) is 1. The molecule has 1 aromatic carbocycles. The molecule has 15 heteroatoms. The molecular formula is C29H24FN9O3S2. The molecule has 1 saturated heterocycles. The van der Waals surface area contributed by atoms with Crippen LogP contribution in [0, 0.1) is 6.92 Å². The molecule has 6 heterocycles. The number of hydrogen-bond donors (Lipinski definition) is 2. The number of likely N-dealkylation sites (tertiary alicyclic amines) is 1. The number of halogens is 1. The third-order valence-electron chi connectivity index (χ3n) is 7.76. The highest BCUT2D eigenvalue weighted by Crippen LogP contribution is 2.37. The fourth-order valence-corrected chi connectivity index (χ4v) is 7.22. The molecule has 1 fully saturated rings. The number of alkyl halides is 1. The van der Waals surface area contributed by atoms with Crippen LogP contribution in [-0.4, -0.2) is 71.7 Å². The first-order chi connectivity index (χ1) is 21.3. The van der Waals surface area contributed by atoms with Gasteiger partial charge in [0.15, 0.2) is 10.1 Å². The summed E-state index contributed by atoms with van der Waals surface area (Å²) < 4.78 is 16.6. The molecule has 0 radical (unpaired) electrons. The lowest BCUT2D eigenvalue weighted by atomic mass is 9.95. The average molecular weight is 630 g/mol. The van der Waals surface area contributed by atoms with E-state index in [4.69, 9.17) is 5.73 Å². The minimum atomic E-state index is -1.36. The molecular weight excluding hydrogens is 606 g/mol. The van der Waals surface area contributed by atoms with Crippen molar-refractivity contribution in [3.63, 3.8) is 0 Å². The van der Waals surface area contributed by atoms with Gasteiger partial charge in [-0.3, -0.25) is 23.8 Å². The highest BCUT2D eigenvalue weighted by Gasteiger charge is 2.41.